The molecule has 1 amide bonds. The van der Waals surface area contributed by atoms with Gasteiger partial charge in [-0.25, -0.2) is 0 Å². The first kappa shape index (κ1) is 19.2. The maximum absolute atomic E-state index is 12.5. The van der Waals surface area contributed by atoms with Crippen LogP contribution in [0.15, 0.2) is 54.6 Å². The molecule has 1 fully saturated rings. The number of nitrogens with one attached hydrogen (secondary N) is 1. The Balaban J connectivity index is 1.41. The van der Waals surface area contributed by atoms with Crippen molar-refractivity contribution < 1.29 is 9.53 Å². The summed E-state index contributed by atoms with van der Waals surface area (Å²) >= 11 is 0. The number of methoxy groups -OCH3 is 1. The maximum Gasteiger partial charge on any atom is 0.237 e. The van der Waals surface area contributed by atoms with Crippen molar-refractivity contribution in [2.45, 2.75) is 19.4 Å². The van der Waals surface area contributed by atoms with E-state index in [1.54, 1.807) is 7.11 Å². The van der Waals surface area contributed by atoms with E-state index < -0.39 is 0 Å². The molecule has 2 aromatic rings. The van der Waals surface area contributed by atoms with E-state index in [0.29, 0.717) is 6.54 Å². The van der Waals surface area contributed by atoms with Gasteiger partial charge in [0, 0.05) is 38.4 Å². The van der Waals surface area contributed by atoms with Crippen LogP contribution in [0.3, 0.4) is 0 Å². The van der Waals surface area contributed by atoms with Gasteiger partial charge in [-0.2, -0.15) is 0 Å². The van der Waals surface area contributed by atoms with Crippen LogP contribution in [0.25, 0.3) is 0 Å². The first-order chi connectivity index (χ1) is 13.2. The quantitative estimate of drug-likeness (QED) is 0.817. The lowest BCUT2D eigenvalue weighted by atomic mass is 10.1. The lowest BCUT2D eigenvalue weighted by molar-refractivity contribution is -0.125. The topological polar surface area (TPSA) is 44.8 Å². The normalized spacial score (nSPS) is 16.0. The Morgan fingerprint density at radius 2 is 1.70 bits per heavy atom. The van der Waals surface area contributed by atoms with Crippen molar-refractivity contribution >= 4 is 11.6 Å². The number of hydrogen-bond donors (Lipinski definition) is 1. The fraction of sp³-hybridized carbons (Fsp3) is 0.409. The van der Waals surface area contributed by atoms with E-state index in [4.69, 9.17) is 4.74 Å². The molecule has 0 saturated carbocycles. The summed E-state index contributed by atoms with van der Waals surface area (Å²) in [6.07, 6.45) is 0.824. The molecule has 144 valence electrons. The number of carbonyl (C=O) groups excluding carboxylic acids is 1. The predicted molar refractivity (Wildman–Crippen MR) is 109 cm³/mol. The van der Waals surface area contributed by atoms with Gasteiger partial charge in [-0.15, -0.1) is 0 Å². The number of carbonyl (C=O) groups is 1. The van der Waals surface area contributed by atoms with Crippen LogP contribution in [0.1, 0.15) is 12.5 Å². The summed E-state index contributed by atoms with van der Waals surface area (Å²) in [5.74, 6) is 0.961. The molecule has 5 heteroatoms. The van der Waals surface area contributed by atoms with Gasteiger partial charge in [0.1, 0.15) is 5.75 Å². The number of nitrogens with zero attached hydrogens (tertiary/aromatic N) is 2. The van der Waals surface area contributed by atoms with Crippen LogP contribution >= 0.6 is 0 Å². The number of para-hydroxylation sites is 1. The zero-order chi connectivity index (χ0) is 19.1. The van der Waals surface area contributed by atoms with Crippen LogP contribution < -0.4 is 15.0 Å². The molecule has 0 bridgehead atoms. The van der Waals surface area contributed by atoms with Crippen molar-refractivity contribution in [3.05, 3.63) is 60.2 Å². The summed E-state index contributed by atoms with van der Waals surface area (Å²) in [6, 6.07) is 18.3. The van der Waals surface area contributed by atoms with Crippen molar-refractivity contribution in [3.8, 4) is 5.75 Å². The van der Waals surface area contributed by atoms with E-state index in [1.165, 1.54) is 11.3 Å². The van der Waals surface area contributed by atoms with Gasteiger partial charge in [0.05, 0.1) is 13.2 Å². The molecule has 0 aromatic heterocycles. The van der Waals surface area contributed by atoms with Gasteiger partial charge in [0.2, 0.25) is 5.91 Å². The Kier molecular flexibility index (Phi) is 6.71. The van der Waals surface area contributed by atoms with Gasteiger partial charge in [-0.3, -0.25) is 9.69 Å². The van der Waals surface area contributed by atoms with Gasteiger partial charge in [0.15, 0.2) is 0 Å². The zero-order valence-corrected chi connectivity index (χ0v) is 16.2. The molecule has 1 aliphatic rings. The number of hydrogen-bond acceptors (Lipinski definition) is 4. The smallest absolute Gasteiger partial charge is 0.237 e. The predicted octanol–water partition coefficient (Wildman–Crippen LogP) is 2.56. The van der Waals surface area contributed by atoms with E-state index in [2.05, 4.69) is 39.4 Å². The van der Waals surface area contributed by atoms with Gasteiger partial charge >= 0.3 is 0 Å². The highest BCUT2D eigenvalue weighted by molar-refractivity contribution is 5.81. The molecule has 1 aliphatic heterocycles. The molecular weight excluding hydrogens is 338 g/mol. The second kappa shape index (κ2) is 9.42. The monoisotopic (exact) mass is 367 g/mol. The third kappa shape index (κ3) is 5.23. The molecule has 3 rings (SSSR count). The molecule has 2 aromatic carbocycles. The fourth-order valence-corrected chi connectivity index (χ4v) is 3.44. The summed E-state index contributed by atoms with van der Waals surface area (Å²) in [6.45, 7) is 6.37. The maximum atomic E-state index is 12.5. The lowest BCUT2D eigenvalue weighted by Gasteiger charge is -2.38. The van der Waals surface area contributed by atoms with Crippen LogP contribution in [0.2, 0.25) is 0 Å². The Morgan fingerprint density at radius 1 is 1.04 bits per heavy atom. The number of amides is 1. The third-order valence-electron chi connectivity index (χ3n) is 5.23. The highest BCUT2D eigenvalue weighted by Crippen LogP contribution is 2.16. The van der Waals surface area contributed by atoms with Crippen molar-refractivity contribution in [1.82, 2.24) is 10.2 Å². The van der Waals surface area contributed by atoms with Gasteiger partial charge in [-0.05, 0) is 43.2 Å². The number of ether oxygens (including phenoxy) is 1. The Labute approximate surface area is 161 Å². The zero-order valence-electron chi connectivity index (χ0n) is 16.2. The summed E-state index contributed by atoms with van der Waals surface area (Å²) in [5, 5.41) is 3.07. The third-order valence-corrected chi connectivity index (χ3v) is 5.23. The molecule has 1 saturated heterocycles. The minimum absolute atomic E-state index is 0.0983. The summed E-state index contributed by atoms with van der Waals surface area (Å²) in [7, 11) is 1.66. The first-order valence-corrected chi connectivity index (χ1v) is 9.62. The second-order valence-electron chi connectivity index (χ2n) is 6.92. The molecule has 0 spiro atoms. The molecule has 0 radical (unpaired) electrons. The first-order valence-electron chi connectivity index (χ1n) is 9.62. The van der Waals surface area contributed by atoms with E-state index in [1.807, 2.05) is 37.3 Å². The molecule has 1 heterocycles. The largest absolute Gasteiger partial charge is 0.497 e. The van der Waals surface area contributed by atoms with Crippen molar-refractivity contribution in [2.75, 3.05) is 44.7 Å². The molecule has 1 N–H and O–H groups in total. The van der Waals surface area contributed by atoms with Crippen LogP contribution in [0, 0.1) is 0 Å². The van der Waals surface area contributed by atoms with E-state index >= 15 is 0 Å². The molecule has 0 aliphatic carbocycles. The van der Waals surface area contributed by atoms with E-state index in [9.17, 15) is 4.79 Å². The van der Waals surface area contributed by atoms with Crippen molar-refractivity contribution in [3.63, 3.8) is 0 Å². The number of benzene rings is 2. The van der Waals surface area contributed by atoms with E-state index in [-0.39, 0.29) is 11.9 Å². The minimum atomic E-state index is -0.0983. The highest BCUT2D eigenvalue weighted by Gasteiger charge is 2.25. The molecule has 1 atom stereocenters. The van der Waals surface area contributed by atoms with Crippen LogP contribution in [-0.2, 0) is 11.2 Å². The average Bonchev–Trinajstić information content (AvgIpc) is 2.74. The molecule has 5 nitrogen and oxygen atoms in total. The lowest BCUT2D eigenvalue weighted by Crippen LogP contribution is -2.54. The van der Waals surface area contributed by atoms with Crippen molar-refractivity contribution in [1.29, 1.82) is 0 Å². The summed E-state index contributed by atoms with van der Waals surface area (Å²) < 4.78 is 5.17. The minimum Gasteiger partial charge on any atom is -0.497 e. The Morgan fingerprint density at radius 3 is 2.33 bits per heavy atom. The van der Waals surface area contributed by atoms with Crippen LogP contribution in [0.5, 0.6) is 5.75 Å². The number of piperazine rings is 1. The molecule has 27 heavy (non-hydrogen) atoms. The van der Waals surface area contributed by atoms with Gasteiger partial charge in [-0.1, -0.05) is 30.3 Å². The highest BCUT2D eigenvalue weighted by atomic mass is 16.5. The van der Waals surface area contributed by atoms with E-state index in [0.717, 1.165) is 38.3 Å². The Bertz CT molecular complexity index is 710. The van der Waals surface area contributed by atoms with Gasteiger partial charge < -0.3 is 15.0 Å². The summed E-state index contributed by atoms with van der Waals surface area (Å²) in [5.41, 5.74) is 2.45. The fourth-order valence-electron chi connectivity index (χ4n) is 3.44. The van der Waals surface area contributed by atoms with Gasteiger partial charge in [0.25, 0.3) is 0 Å². The second-order valence-corrected chi connectivity index (χ2v) is 6.92. The summed E-state index contributed by atoms with van der Waals surface area (Å²) in [4.78, 5) is 17.1. The number of rotatable bonds is 7. The van der Waals surface area contributed by atoms with Crippen LogP contribution in [-0.4, -0.2) is 56.7 Å². The van der Waals surface area contributed by atoms with Crippen molar-refractivity contribution in [2.24, 2.45) is 0 Å². The number of anilines is 1. The SMILES string of the molecule is COc1ccc(CCNC(=O)[C@H](C)N2CCN(c3ccccc3)CC2)cc1. The average molecular weight is 367 g/mol. The Hall–Kier alpha value is -2.53. The standard InChI is InChI=1S/C22H29N3O2/c1-18(22(26)23-13-12-19-8-10-21(27-2)11-9-19)24-14-16-25(17-15-24)20-6-4-3-5-7-20/h3-11,18H,12-17H2,1-2H3,(H,23,26)/t18-/m0/s1. The molecule has 0 unspecified atom stereocenters. The molecular formula is C22H29N3O2. The van der Waals surface area contributed by atoms with Crippen LogP contribution in [0.4, 0.5) is 5.69 Å².